The van der Waals surface area contributed by atoms with E-state index in [1.54, 1.807) is 24.8 Å². The lowest BCUT2D eigenvalue weighted by atomic mass is 10.1. The van der Waals surface area contributed by atoms with Crippen LogP contribution < -0.4 is 4.74 Å². The van der Waals surface area contributed by atoms with E-state index in [9.17, 15) is 5.11 Å². The molecule has 0 amide bonds. The maximum absolute atomic E-state index is 9.65. The lowest BCUT2D eigenvalue weighted by Crippen LogP contribution is -1.84. The van der Waals surface area contributed by atoms with Gasteiger partial charge in [0.2, 0.25) is 0 Å². The highest BCUT2D eigenvalue weighted by Crippen LogP contribution is 2.31. The summed E-state index contributed by atoms with van der Waals surface area (Å²) >= 11 is 1.48. The van der Waals surface area contributed by atoms with Crippen molar-refractivity contribution in [2.45, 2.75) is 0 Å². The van der Waals surface area contributed by atoms with Crippen LogP contribution in [0.3, 0.4) is 0 Å². The second kappa shape index (κ2) is 3.67. The van der Waals surface area contributed by atoms with E-state index in [-0.39, 0.29) is 5.75 Å². The van der Waals surface area contributed by atoms with Gasteiger partial charge in [0.1, 0.15) is 11.5 Å². The van der Waals surface area contributed by atoms with Crippen molar-refractivity contribution in [3.05, 3.63) is 29.1 Å². The molecule has 1 aromatic carbocycles. The second-order valence-electron chi connectivity index (χ2n) is 2.67. The summed E-state index contributed by atoms with van der Waals surface area (Å²) in [5.41, 5.74) is 3.05. The molecule has 0 saturated carbocycles. The Hall–Kier alpha value is -1.55. The second-order valence-corrected chi connectivity index (χ2v) is 3.39. The lowest BCUT2D eigenvalue weighted by Gasteiger charge is -2.03. The Balaban J connectivity index is 2.46. The number of benzene rings is 1. The smallest absolute Gasteiger partial charge is 0.129 e. The number of hydrogen-bond donors (Lipinski definition) is 1. The molecule has 2 aromatic rings. The Morgan fingerprint density at radius 1 is 1.57 bits per heavy atom. The maximum atomic E-state index is 9.65. The van der Waals surface area contributed by atoms with Crippen LogP contribution in [0.25, 0.3) is 11.3 Å². The monoisotopic (exact) mass is 206 g/mol. The number of hydrogen-bond acceptors (Lipinski definition) is 4. The van der Waals surface area contributed by atoms with Crippen LogP contribution in [0.1, 0.15) is 0 Å². The number of phenolic OH excluding ortho intramolecular Hbond substituents is 1. The molecule has 0 aliphatic carbocycles. The number of rotatable bonds is 2. The zero-order valence-corrected chi connectivity index (χ0v) is 8.34. The van der Waals surface area contributed by atoms with Crippen molar-refractivity contribution in [1.82, 2.24) is 4.98 Å². The number of ether oxygens (including phenoxy) is 1. The molecular formula is C10H8NO2S. The Morgan fingerprint density at radius 2 is 2.43 bits per heavy atom. The number of nitrogens with zero attached hydrogens (tertiary/aromatic N) is 1. The van der Waals surface area contributed by atoms with Gasteiger partial charge >= 0.3 is 0 Å². The molecule has 0 aliphatic rings. The normalized spacial score (nSPS) is 10.1. The molecule has 2 rings (SSSR count). The molecule has 0 unspecified atom stereocenters. The zero-order valence-electron chi connectivity index (χ0n) is 7.52. The van der Waals surface area contributed by atoms with Crippen molar-refractivity contribution in [3.63, 3.8) is 0 Å². The summed E-state index contributed by atoms with van der Waals surface area (Å²) in [6.07, 6.45) is 0. The van der Waals surface area contributed by atoms with E-state index in [0.29, 0.717) is 11.3 Å². The highest BCUT2D eigenvalue weighted by Gasteiger charge is 2.07. The Labute approximate surface area is 85.6 Å². The van der Waals surface area contributed by atoms with E-state index in [0.717, 1.165) is 5.69 Å². The van der Waals surface area contributed by atoms with Crippen LogP contribution in [0.15, 0.2) is 23.0 Å². The van der Waals surface area contributed by atoms with E-state index < -0.39 is 0 Å². The minimum absolute atomic E-state index is 0.134. The molecule has 0 bridgehead atoms. The third-order valence-corrected chi connectivity index (χ3v) is 2.40. The average Bonchev–Trinajstić information content (AvgIpc) is 2.70. The molecule has 1 heterocycles. The third kappa shape index (κ3) is 1.56. The quantitative estimate of drug-likeness (QED) is 0.820. The predicted octanol–water partition coefficient (Wildman–Crippen LogP) is 2.32. The van der Waals surface area contributed by atoms with Crippen molar-refractivity contribution in [2.75, 3.05) is 7.11 Å². The van der Waals surface area contributed by atoms with Gasteiger partial charge in [0.15, 0.2) is 0 Å². The fraction of sp³-hybridized carbons (Fsp3) is 0.100. The summed E-state index contributed by atoms with van der Waals surface area (Å²) in [7, 11) is 1.55. The molecule has 0 fully saturated rings. The van der Waals surface area contributed by atoms with E-state index in [4.69, 9.17) is 4.74 Å². The molecule has 1 N–H and O–H groups in total. The van der Waals surface area contributed by atoms with Crippen LogP contribution in [-0.4, -0.2) is 17.2 Å². The third-order valence-electron chi connectivity index (χ3n) is 1.82. The van der Waals surface area contributed by atoms with Gasteiger partial charge in [-0.25, -0.2) is 4.98 Å². The van der Waals surface area contributed by atoms with E-state index in [1.165, 1.54) is 11.3 Å². The van der Waals surface area contributed by atoms with E-state index in [1.807, 2.05) is 5.38 Å². The predicted molar refractivity (Wildman–Crippen MR) is 54.6 cm³/mol. The van der Waals surface area contributed by atoms with Gasteiger partial charge in [-0.1, -0.05) is 0 Å². The summed E-state index contributed by atoms with van der Waals surface area (Å²) in [6.45, 7) is 0. The maximum Gasteiger partial charge on any atom is 0.129 e. The van der Waals surface area contributed by atoms with Crippen molar-refractivity contribution in [2.24, 2.45) is 0 Å². The molecule has 71 valence electrons. The molecule has 0 atom stereocenters. The SMILES string of the molecule is COc1c[c]c(-c2cscn2)c(O)c1. The summed E-state index contributed by atoms with van der Waals surface area (Å²) < 4.78 is 4.96. The number of phenols is 1. The average molecular weight is 206 g/mol. The van der Waals surface area contributed by atoms with Gasteiger partial charge in [0.25, 0.3) is 0 Å². The summed E-state index contributed by atoms with van der Waals surface area (Å²) in [4.78, 5) is 4.09. The van der Waals surface area contributed by atoms with Crippen molar-refractivity contribution < 1.29 is 9.84 Å². The first-order valence-electron chi connectivity index (χ1n) is 3.98. The summed E-state index contributed by atoms with van der Waals surface area (Å²) in [5, 5.41) is 11.5. The first-order valence-corrected chi connectivity index (χ1v) is 4.93. The molecular weight excluding hydrogens is 198 g/mol. The Bertz CT molecular complexity index is 426. The van der Waals surface area contributed by atoms with Gasteiger partial charge in [-0.2, -0.15) is 0 Å². The van der Waals surface area contributed by atoms with Crippen LogP contribution in [-0.2, 0) is 0 Å². The van der Waals surface area contributed by atoms with E-state index in [2.05, 4.69) is 11.1 Å². The van der Waals surface area contributed by atoms with Crippen LogP contribution in [0.2, 0.25) is 0 Å². The summed E-state index contributed by atoms with van der Waals surface area (Å²) in [5.74, 6) is 0.719. The minimum atomic E-state index is 0.134. The van der Waals surface area contributed by atoms with Gasteiger partial charge in [0.05, 0.1) is 23.9 Å². The van der Waals surface area contributed by atoms with Crippen LogP contribution >= 0.6 is 11.3 Å². The number of aromatic hydroxyl groups is 1. The molecule has 4 heteroatoms. The van der Waals surface area contributed by atoms with Crippen LogP contribution in [0, 0.1) is 6.07 Å². The van der Waals surface area contributed by atoms with Gasteiger partial charge in [-0.15, -0.1) is 11.3 Å². The highest BCUT2D eigenvalue weighted by molar-refractivity contribution is 7.07. The van der Waals surface area contributed by atoms with Crippen molar-refractivity contribution in [1.29, 1.82) is 0 Å². The minimum Gasteiger partial charge on any atom is -0.507 e. The molecule has 0 spiro atoms. The first-order chi connectivity index (χ1) is 6.81. The number of aromatic nitrogens is 1. The Kier molecular flexibility index (Phi) is 2.37. The fourth-order valence-electron chi connectivity index (χ4n) is 1.12. The summed E-state index contributed by atoms with van der Waals surface area (Å²) in [6, 6.07) is 6.15. The largest absolute Gasteiger partial charge is 0.507 e. The van der Waals surface area contributed by atoms with Gasteiger partial charge in [0, 0.05) is 11.4 Å². The standard InChI is InChI=1S/C10H8NO2S/c1-13-7-2-3-8(10(12)4-7)9-5-14-6-11-9/h2,4-6,12H,1H3. The number of methoxy groups -OCH3 is 1. The Morgan fingerprint density at radius 3 is 3.00 bits per heavy atom. The molecule has 14 heavy (non-hydrogen) atoms. The first kappa shape index (κ1) is 9.02. The molecule has 1 aromatic heterocycles. The van der Waals surface area contributed by atoms with Crippen LogP contribution in [0.4, 0.5) is 0 Å². The molecule has 1 radical (unpaired) electrons. The van der Waals surface area contributed by atoms with Gasteiger partial charge < -0.3 is 9.84 Å². The lowest BCUT2D eigenvalue weighted by molar-refractivity contribution is 0.408. The van der Waals surface area contributed by atoms with Crippen LogP contribution in [0.5, 0.6) is 11.5 Å². The highest BCUT2D eigenvalue weighted by atomic mass is 32.1. The molecule has 0 saturated heterocycles. The van der Waals surface area contributed by atoms with Crippen molar-refractivity contribution in [3.8, 4) is 22.8 Å². The topological polar surface area (TPSA) is 42.4 Å². The van der Waals surface area contributed by atoms with Gasteiger partial charge in [-0.05, 0) is 12.1 Å². The van der Waals surface area contributed by atoms with Gasteiger partial charge in [-0.3, -0.25) is 0 Å². The van der Waals surface area contributed by atoms with E-state index >= 15 is 0 Å². The molecule has 3 nitrogen and oxygen atoms in total. The fourth-order valence-corrected chi connectivity index (χ4v) is 1.67. The molecule has 0 aliphatic heterocycles. The van der Waals surface area contributed by atoms with Crippen molar-refractivity contribution >= 4 is 11.3 Å². The number of thiazole rings is 1. The zero-order chi connectivity index (χ0) is 9.97.